The SMILES string of the molecule is COc1ccc(CC(=O)NCCc2nc3ccccc3n2CCCOc2ccc3ccccc3c2)cc1. The van der Waals surface area contributed by atoms with Gasteiger partial charge in [-0.25, -0.2) is 4.98 Å². The molecule has 0 unspecified atom stereocenters. The van der Waals surface area contributed by atoms with Gasteiger partial charge in [0.1, 0.15) is 17.3 Å². The summed E-state index contributed by atoms with van der Waals surface area (Å²) in [5.74, 6) is 2.63. The van der Waals surface area contributed by atoms with Crippen LogP contribution >= 0.6 is 0 Å². The molecule has 5 rings (SSSR count). The van der Waals surface area contributed by atoms with Gasteiger partial charge in [-0.2, -0.15) is 0 Å². The van der Waals surface area contributed by atoms with Gasteiger partial charge in [-0.15, -0.1) is 0 Å². The Morgan fingerprint density at radius 2 is 1.65 bits per heavy atom. The Hall–Kier alpha value is -4.32. The van der Waals surface area contributed by atoms with E-state index in [0.717, 1.165) is 46.9 Å². The van der Waals surface area contributed by atoms with E-state index in [1.165, 1.54) is 10.8 Å². The van der Waals surface area contributed by atoms with Gasteiger partial charge in [-0.3, -0.25) is 4.79 Å². The Kier molecular flexibility index (Phi) is 7.65. The molecule has 6 nitrogen and oxygen atoms in total. The maximum atomic E-state index is 12.5. The number of fused-ring (bicyclic) bond motifs is 2. The van der Waals surface area contributed by atoms with E-state index in [9.17, 15) is 4.79 Å². The zero-order chi connectivity index (χ0) is 25.5. The van der Waals surface area contributed by atoms with Crippen molar-refractivity contribution in [2.75, 3.05) is 20.3 Å². The van der Waals surface area contributed by atoms with Crippen molar-refractivity contribution in [1.29, 1.82) is 0 Å². The molecule has 1 amide bonds. The van der Waals surface area contributed by atoms with Crippen LogP contribution in [-0.2, 0) is 24.2 Å². The lowest BCUT2D eigenvalue weighted by Crippen LogP contribution is -2.28. The molecule has 188 valence electrons. The number of amides is 1. The third-order valence-corrected chi connectivity index (χ3v) is 6.44. The van der Waals surface area contributed by atoms with Crippen LogP contribution in [0.25, 0.3) is 21.8 Å². The van der Waals surface area contributed by atoms with E-state index < -0.39 is 0 Å². The Labute approximate surface area is 216 Å². The molecule has 0 aliphatic heterocycles. The van der Waals surface area contributed by atoms with Crippen molar-refractivity contribution in [3.63, 3.8) is 0 Å². The minimum Gasteiger partial charge on any atom is -0.497 e. The first-order valence-electron chi connectivity index (χ1n) is 12.6. The number of aromatic nitrogens is 2. The molecule has 0 atom stereocenters. The molecule has 1 heterocycles. The standard InChI is InChI=1S/C31H31N3O3/c1-36-26-14-11-23(12-15-26)21-31(35)32-18-17-30-33-28-9-4-5-10-29(28)34(30)19-6-20-37-27-16-13-24-7-2-3-8-25(24)22-27/h2-5,7-16,22H,6,17-21H2,1H3,(H,32,35). The number of hydrogen-bond donors (Lipinski definition) is 1. The molecule has 0 spiro atoms. The summed E-state index contributed by atoms with van der Waals surface area (Å²) in [6.45, 7) is 1.94. The summed E-state index contributed by atoms with van der Waals surface area (Å²) >= 11 is 0. The lowest BCUT2D eigenvalue weighted by atomic mass is 10.1. The van der Waals surface area contributed by atoms with Gasteiger partial charge in [-0.1, -0.05) is 54.6 Å². The number of nitrogens with zero attached hydrogens (tertiary/aromatic N) is 2. The van der Waals surface area contributed by atoms with E-state index in [4.69, 9.17) is 14.5 Å². The van der Waals surface area contributed by atoms with Gasteiger partial charge in [-0.05, 0) is 59.2 Å². The van der Waals surface area contributed by atoms with Gasteiger partial charge in [0.15, 0.2) is 0 Å². The summed E-state index contributed by atoms with van der Waals surface area (Å²) in [7, 11) is 1.63. The fourth-order valence-corrected chi connectivity index (χ4v) is 4.54. The summed E-state index contributed by atoms with van der Waals surface area (Å²) in [6.07, 6.45) is 1.85. The van der Waals surface area contributed by atoms with Gasteiger partial charge >= 0.3 is 0 Å². The van der Waals surface area contributed by atoms with Gasteiger partial charge in [0.2, 0.25) is 5.91 Å². The monoisotopic (exact) mass is 493 g/mol. The lowest BCUT2D eigenvalue weighted by Gasteiger charge is -2.11. The van der Waals surface area contributed by atoms with E-state index >= 15 is 0 Å². The number of rotatable bonds is 11. The van der Waals surface area contributed by atoms with Crippen molar-refractivity contribution in [1.82, 2.24) is 14.9 Å². The molecule has 37 heavy (non-hydrogen) atoms. The molecule has 1 aromatic heterocycles. The molecule has 0 bridgehead atoms. The molecular weight excluding hydrogens is 462 g/mol. The largest absolute Gasteiger partial charge is 0.497 e. The van der Waals surface area contributed by atoms with Gasteiger partial charge in [0.25, 0.3) is 0 Å². The zero-order valence-electron chi connectivity index (χ0n) is 21.0. The Bertz CT molecular complexity index is 1490. The van der Waals surface area contributed by atoms with Crippen molar-refractivity contribution >= 4 is 27.7 Å². The fourth-order valence-electron chi connectivity index (χ4n) is 4.54. The third kappa shape index (κ3) is 6.09. The highest BCUT2D eigenvalue weighted by Gasteiger charge is 2.11. The van der Waals surface area contributed by atoms with Crippen LogP contribution in [0.15, 0.2) is 91.0 Å². The first kappa shape index (κ1) is 24.4. The highest BCUT2D eigenvalue weighted by molar-refractivity contribution is 5.83. The van der Waals surface area contributed by atoms with Crippen molar-refractivity contribution < 1.29 is 14.3 Å². The normalized spacial score (nSPS) is 11.1. The number of benzene rings is 4. The smallest absolute Gasteiger partial charge is 0.224 e. The number of hydrogen-bond acceptors (Lipinski definition) is 4. The number of aryl methyl sites for hydroxylation is 1. The molecule has 1 N–H and O–H groups in total. The average molecular weight is 494 g/mol. The van der Waals surface area contributed by atoms with Crippen molar-refractivity contribution in [2.24, 2.45) is 0 Å². The molecule has 0 saturated carbocycles. The van der Waals surface area contributed by atoms with Crippen LogP contribution in [0.4, 0.5) is 0 Å². The Morgan fingerprint density at radius 3 is 2.49 bits per heavy atom. The minimum atomic E-state index is -0.00314. The molecule has 0 fully saturated rings. The van der Waals surface area contributed by atoms with Gasteiger partial charge in [0.05, 0.1) is 31.2 Å². The van der Waals surface area contributed by atoms with Crippen LogP contribution < -0.4 is 14.8 Å². The molecule has 0 saturated heterocycles. The van der Waals surface area contributed by atoms with Crippen molar-refractivity contribution in [3.05, 3.63) is 102 Å². The summed E-state index contributed by atoms with van der Waals surface area (Å²) in [6, 6.07) is 30.2. The number of imidazole rings is 1. The predicted molar refractivity (Wildman–Crippen MR) is 147 cm³/mol. The quantitative estimate of drug-likeness (QED) is 0.244. The summed E-state index contributed by atoms with van der Waals surface area (Å²) in [5.41, 5.74) is 3.03. The van der Waals surface area contributed by atoms with E-state index in [1.54, 1.807) is 7.11 Å². The molecule has 4 aromatic carbocycles. The number of methoxy groups -OCH3 is 1. The van der Waals surface area contributed by atoms with Crippen molar-refractivity contribution in [3.8, 4) is 11.5 Å². The number of para-hydroxylation sites is 2. The van der Waals surface area contributed by atoms with Crippen LogP contribution in [0.2, 0.25) is 0 Å². The maximum absolute atomic E-state index is 12.5. The topological polar surface area (TPSA) is 65.4 Å². The molecule has 0 aliphatic rings. The number of ether oxygens (including phenoxy) is 2. The minimum absolute atomic E-state index is 0.00314. The number of carbonyl (C=O) groups excluding carboxylic acids is 1. The second-order valence-electron chi connectivity index (χ2n) is 9.00. The van der Waals surface area contributed by atoms with Crippen LogP contribution in [-0.4, -0.2) is 35.7 Å². The van der Waals surface area contributed by atoms with Gasteiger partial charge in [0, 0.05) is 19.5 Å². The van der Waals surface area contributed by atoms with E-state index in [1.807, 2.05) is 60.7 Å². The van der Waals surface area contributed by atoms with Crippen molar-refractivity contribution in [2.45, 2.75) is 25.8 Å². The van der Waals surface area contributed by atoms with Crippen LogP contribution in [0, 0.1) is 0 Å². The second-order valence-corrected chi connectivity index (χ2v) is 9.00. The first-order chi connectivity index (χ1) is 18.2. The highest BCUT2D eigenvalue weighted by atomic mass is 16.5. The molecule has 6 heteroatoms. The Morgan fingerprint density at radius 1 is 0.892 bits per heavy atom. The second kappa shape index (κ2) is 11.6. The van der Waals surface area contributed by atoms with Crippen LogP contribution in [0.1, 0.15) is 17.8 Å². The molecular formula is C31H31N3O3. The number of carbonyl (C=O) groups is 1. The lowest BCUT2D eigenvalue weighted by molar-refractivity contribution is -0.120. The number of nitrogens with one attached hydrogen (secondary N) is 1. The summed E-state index contributed by atoms with van der Waals surface area (Å²) in [5, 5.41) is 5.42. The summed E-state index contributed by atoms with van der Waals surface area (Å²) in [4.78, 5) is 17.3. The average Bonchev–Trinajstić information content (AvgIpc) is 3.28. The fraction of sp³-hybridized carbons (Fsp3) is 0.226. The first-order valence-corrected chi connectivity index (χ1v) is 12.6. The highest BCUT2D eigenvalue weighted by Crippen LogP contribution is 2.21. The Balaban J connectivity index is 1.16. The summed E-state index contributed by atoms with van der Waals surface area (Å²) < 4.78 is 13.5. The zero-order valence-corrected chi connectivity index (χ0v) is 21.0. The van der Waals surface area contributed by atoms with Gasteiger partial charge < -0.3 is 19.4 Å². The maximum Gasteiger partial charge on any atom is 0.224 e. The third-order valence-electron chi connectivity index (χ3n) is 6.44. The van der Waals surface area contributed by atoms with E-state index in [0.29, 0.717) is 26.0 Å². The molecule has 5 aromatic rings. The van der Waals surface area contributed by atoms with Crippen LogP contribution in [0.3, 0.4) is 0 Å². The van der Waals surface area contributed by atoms with E-state index in [-0.39, 0.29) is 5.91 Å². The molecule has 0 radical (unpaired) electrons. The van der Waals surface area contributed by atoms with Crippen LogP contribution in [0.5, 0.6) is 11.5 Å². The van der Waals surface area contributed by atoms with E-state index in [2.05, 4.69) is 40.2 Å². The predicted octanol–water partition coefficient (Wildman–Crippen LogP) is 5.57. The molecule has 0 aliphatic carbocycles.